The summed E-state index contributed by atoms with van der Waals surface area (Å²) < 4.78 is 5.16. The molecule has 3 rings (SSSR count). The molecule has 2 aromatic rings. The van der Waals surface area contributed by atoms with Gasteiger partial charge in [0, 0.05) is 38.7 Å². The largest absolute Gasteiger partial charge is 0.403 e. The minimum Gasteiger partial charge on any atom is -0.403 e. The van der Waals surface area contributed by atoms with Gasteiger partial charge < -0.3 is 19.1 Å². The van der Waals surface area contributed by atoms with Gasteiger partial charge in [0.25, 0.3) is 5.56 Å². The van der Waals surface area contributed by atoms with Gasteiger partial charge in [-0.05, 0) is 31.9 Å². The summed E-state index contributed by atoms with van der Waals surface area (Å²) in [7, 11) is 2.09. The Morgan fingerprint density at radius 3 is 2.69 bits per heavy atom. The number of piperazine rings is 1. The van der Waals surface area contributed by atoms with Gasteiger partial charge >= 0.3 is 11.6 Å². The van der Waals surface area contributed by atoms with Gasteiger partial charge in [-0.3, -0.25) is 9.78 Å². The molecule has 0 atom stereocenters. The number of H-pyrrole nitrogens is 1. The standard InChI is InChI=1S/C20H29N5O4/c1-4-6-8-14-13-16(26)28-19-17(14)18(27)21-20(22-19)29-23-15(7-5-2)25-11-9-24(3)10-12-25/h13H,4-12H2,1-3H3,(H,21,22,27)/b23-15+. The van der Waals surface area contributed by atoms with Crippen molar-refractivity contribution in [2.45, 2.75) is 46.0 Å². The van der Waals surface area contributed by atoms with Crippen LogP contribution < -0.4 is 16.0 Å². The molecule has 0 aromatic carbocycles. The number of nitrogens with one attached hydrogen (secondary N) is 1. The van der Waals surface area contributed by atoms with E-state index in [1.807, 2.05) is 6.92 Å². The quantitative estimate of drug-likeness (QED) is 0.428. The van der Waals surface area contributed by atoms with Gasteiger partial charge in [0.15, 0.2) is 0 Å². The zero-order chi connectivity index (χ0) is 20.8. The van der Waals surface area contributed by atoms with Crippen LogP contribution in [-0.2, 0) is 6.42 Å². The van der Waals surface area contributed by atoms with Gasteiger partial charge in [0.05, 0.1) is 0 Å². The molecule has 3 heterocycles. The Labute approximate surface area is 169 Å². The van der Waals surface area contributed by atoms with E-state index in [1.54, 1.807) is 0 Å². The molecule has 0 amide bonds. The molecule has 1 fully saturated rings. The fourth-order valence-corrected chi connectivity index (χ4v) is 3.38. The number of hydrogen-bond donors (Lipinski definition) is 1. The maximum Gasteiger partial charge on any atom is 0.337 e. The average molecular weight is 403 g/mol. The molecule has 0 aliphatic carbocycles. The van der Waals surface area contributed by atoms with E-state index < -0.39 is 11.2 Å². The summed E-state index contributed by atoms with van der Waals surface area (Å²) in [5.74, 6) is 0.821. The van der Waals surface area contributed by atoms with Gasteiger partial charge in [-0.15, -0.1) is 0 Å². The Bertz CT molecular complexity index is 973. The van der Waals surface area contributed by atoms with Gasteiger partial charge in [-0.1, -0.05) is 25.4 Å². The molecule has 0 bridgehead atoms. The summed E-state index contributed by atoms with van der Waals surface area (Å²) in [6.45, 7) is 7.79. The van der Waals surface area contributed by atoms with E-state index in [9.17, 15) is 9.59 Å². The molecule has 0 unspecified atom stereocenters. The van der Waals surface area contributed by atoms with E-state index in [0.29, 0.717) is 17.4 Å². The lowest BCUT2D eigenvalue weighted by Crippen LogP contribution is -2.47. The zero-order valence-electron chi connectivity index (χ0n) is 17.4. The molecule has 1 aliphatic heterocycles. The number of aromatic amines is 1. The van der Waals surface area contributed by atoms with E-state index in [-0.39, 0.29) is 11.7 Å². The molecule has 1 saturated heterocycles. The lowest BCUT2D eigenvalue weighted by Gasteiger charge is -2.34. The molecule has 9 heteroatoms. The number of aryl methyl sites for hydroxylation is 1. The Hall–Kier alpha value is -2.68. The average Bonchev–Trinajstić information content (AvgIpc) is 2.69. The molecule has 0 radical (unpaired) electrons. The Kier molecular flexibility index (Phi) is 7.03. The van der Waals surface area contributed by atoms with E-state index in [0.717, 1.165) is 57.7 Å². The molecular formula is C20H29N5O4. The monoisotopic (exact) mass is 403 g/mol. The van der Waals surface area contributed by atoms with Crippen molar-refractivity contribution in [2.75, 3.05) is 33.2 Å². The van der Waals surface area contributed by atoms with E-state index in [4.69, 9.17) is 9.25 Å². The van der Waals surface area contributed by atoms with Gasteiger partial charge in [-0.2, -0.15) is 4.98 Å². The highest BCUT2D eigenvalue weighted by molar-refractivity contribution is 5.82. The third-order valence-corrected chi connectivity index (χ3v) is 5.05. The van der Waals surface area contributed by atoms with Gasteiger partial charge in [-0.25, -0.2) is 4.79 Å². The molecule has 9 nitrogen and oxygen atoms in total. The first-order valence-corrected chi connectivity index (χ1v) is 10.3. The molecule has 0 saturated carbocycles. The molecule has 158 valence electrons. The van der Waals surface area contributed by atoms with Crippen molar-refractivity contribution in [3.8, 4) is 6.01 Å². The van der Waals surface area contributed by atoms with Crippen molar-refractivity contribution in [2.24, 2.45) is 5.16 Å². The molecule has 1 aliphatic rings. The second-order valence-electron chi connectivity index (χ2n) is 7.38. The van der Waals surface area contributed by atoms with Crippen molar-refractivity contribution >= 4 is 16.9 Å². The third kappa shape index (κ3) is 5.23. The number of rotatable bonds is 7. The number of amidine groups is 1. The van der Waals surface area contributed by atoms with Crippen molar-refractivity contribution in [3.63, 3.8) is 0 Å². The van der Waals surface area contributed by atoms with Crippen LogP contribution in [0.4, 0.5) is 0 Å². The van der Waals surface area contributed by atoms with Crippen LogP contribution in [-0.4, -0.2) is 58.8 Å². The first-order chi connectivity index (χ1) is 14.0. The van der Waals surface area contributed by atoms with E-state index in [1.165, 1.54) is 6.07 Å². The highest BCUT2D eigenvalue weighted by atomic mass is 16.6. The number of nitrogens with zero attached hydrogens (tertiary/aromatic N) is 4. The van der Waals surface area contributed by atoms with Crippen LogP contribution in [0, 0.1) is 0 Å². The number of fused-ring (bicyclic) bond motifs is 1. The first-order valence-electron chi connectivity index (χ1n) is 10.3. The van der Waals surface area contributed by atoms with Gasteiger partial charge in [0.1, 0.15) is 11.2 Å². The Morgan fingerprint density at radius 2 is 2.00 bits per heavy atom. The molecule has 2 aromatic heterocycles. The number of unbranched alkanes of at least 4 members (excludes halogenated alkanes) is 1. The molecule has 0 spiro atoms. The maximum absolute atomic E-state index is 12.6. The van der Waals surface area contributed by atoms with Crippen LogP contribution in [0.2, 0.25) is 0 Å². The van der Waals surface area contributed by atoms with E-state index >= 15 is 0 Å². The highest BCUT2D eigenvalue weighted by Gasteiger charge is 2.18. The second-order valence-corrected chi connectivity index (χ2v) is 7.38. The smallest absolute Gasteiger partial charge is 0.337 e. The van der Waals surface area contributed by atoms with Crippen LogP contribution >= 0.6 is 0 Å². The van der Waals surface area contributed by atoms with Crippen LogP contribution in [0.1, 0.15) is 45.1 Å². The summed E-state index contributed by atoms with van der Waals surface area (Å²) in [4.78, 5) is 41.2. The topological polar surface area (TPSA) is 104 Å². The van der Waals surface area contributed by atoms with Crippen molar-refractivity contribution in [1.82, 2.24) is 19.8 Å². The summed E-state index contributed by atoms with van der Waals surface area (Å²) in [6, 6.07) is 1.28. The van der Waals surface area contributed by atoms with E-state index in [2.05, 4.69) is 38.9 Å². The summed E-state index contributed by atoms with van der Waals surface area (Å²) in [6.07, 6.45) is 4.12. The van der Waals surface area contributed by atoms with Crippen LogP contribution in [0.5, 0.6) is 6.01 Å². The zero-order valence-corrected chi connectivity index (χ0v) is 17.4. The summed E-state index contributed by atoms with van der Waals surface area (Å²) in [5, 5.41) is 4.54. The highest BCUT2D eigenvalue weighted by Crippen LogP contribution is 2.15. The molecule has 29 heavy (non-hydrogen) atoms. The lowest BCUT2D eigenvalue weighted by atomic mass is 10.1. The third-order valence-electron chi connectivity index (χ3n) is 5.05. The Balaban J connectivity index is 1.88. The number of hydrogen-bond acceptors (Lipinski definition) is 7. The van der Waals surface area contributed by atoms with Crippen LogP contribution in [0.25, 0.3) is 11.1 Å². The van der Waals surface area contributed by atoms with Crippen molar-refractivity contribution in [3.05, 3.63) is 32.4 Å². The SMILES string of the molecule is CCCCc1cc(=O)oc2nc(O/N=C(\CCC)N3CCN(C)CC3)[nH]c(=O)c12. The first kappa shape index (κ1) is 21.0. The van der Waals surface area contributed by atoms with Crippen LogP contribution in [0.15, 0.2) is 25.2 Å². The lowest BCUT2D eigenvalue weighted by molar-refractivity contribution is 0.205. The number of oxime groups is 1. The number of aromatic nitrogens is 2. The fourth-order valence-electron chi connectivity index (χ4n) is 3.38. The second kappa shape index (κ2) is 9.69. The van der Waals surface area contributed by atoms with Crippen LogP contribution in [0.3, 0.4) is 0 Å². The fraction of sp³-hybridized carbons (Fsp3) is 0.600. The minimum absolute atomic E-state index is 0.0193. The minimum atomic E-state index is -0.528. The predicted molar refractivity (Wildman–Crippen MR) is 112 cm³/mol. The summed E-state index contributed by atoms with van der Waals surface area (Å²) in [5.41, 5.74) is -0.299. The predicted octanol–water partition coefficient (Wildman–Crippen LogP) is 1.96. The normalized spacial score (nSPS) is 15.8. The Morgan fingerprint density at radius 1 is 1.24 bits per heavy atom. The number of likely N-dealkylation sites (N-methyl/N-ethyl adjacent to an activating group) is 1. The maximum atomic E-state index is 12.6. The van der Waals surface area contributed by atoms with Gasteiger partial charge in [0.2, 0.25) is 5.71 Å². The van der Waals surface area contributed by atoms with Crippen molar-refractivity contribution < 1.29 is 9.25 Å². The molecular weight excluding hydrogens is 374 g/mol. The van der Waals surface area contributed by atoms with Crippen molar-refractivity contribution in [1.29, 1.82) is 0 Å². The summed E-state index contributed by atoms with van der Waals surface area (Å²) >= 11 is 0. The molecule has 1 N–H and O–H groups in total.